The van der Waals surface area contributed by atoms with Crippen molar-refractivity contribution < 1.29 is 24.2 Å². The molecule has 2 radical (unpaired) electrons. The highest BCUT2D eigenvalue weighted by molar-refractivity contribution is 6.11. The summed E-state index contributed by atoms with van der Waals surface area (Å²) < 4.78 is 5.52. The fourth-order valence-electron chi connectivity index (χ4n) is 7.67. The van der Waals surface area contributed by atoms with Gasteiger partial charge in [-0.1, -0.05) is 181 Å². The molecule has 3 amide bonds. The lowest BCUT2D eigenvalue weighted by Crippen LogP contribution is -2.52. The van der Waals surface area contributed by atoms with Gasteiger partial charge in [0.25, 0.3) is 0 Å². The fraction of sp³-hybridized carbons (Fsp3) is 0.933. The van der Waals surface area contributed by atoms with E-state index in [2.05, 4.69) is 29.8 Å². The quantitative estimate of drug-likeness (QED) is 0.0368. The summed E-state index contributed by atoms with van der Waals surface area (Å²) in [6, 6.07) is -1.60. The third kappa shape index (κ3) is 29.7. The van der Waals surface area contributed by atoms with E-state index in [0.29, 0.717) is 38.6 Å². The largest absolute Gasteiger partial charge is 0.394 e. The zero-order valence-corrected chi connectivity index (χ0v) is 35.4. The lowest BCUT2D eigenvalue weighted by Gasteiger charge is -2.23. The standard InChI is InChI=1S/C45H86BN3O5/c1-3-5-7-9-11-13-15-17-19-21-23-25-27-29-34-43(51)47-36-32-31-33-39(45(53)49-40-37-42(46)54-41(40)38-50)48-44(52)35-30-28-26-24-22-20-18-16-14-12-10-8-6-4-2/h39-42,50H,3-38H2,1-2H3,(H,47,51)(H,48,52)(H,49,53)/t39?,40?,41-,42-/m1/s1. The average Bonchev–Trinajstić information content (AvgIpc) is 3.52. The van der Waals surface area contributed by atoms with E-state index < -0.39 is 24.2 Å². The smallest absolute Gasteiger partial charge is 0.242 e. The Morgan fingerprint density at radius 3 is 1.43 bits per heavy atom. The first-order valence-electron chi connectivity index (χ1n) is 23.3. The highest BCUT2D eigenvalue weighted by Gasteiger charge is 2.34. The third-order valence-electron chi connectivity index (χ3n) is 11.2. The topological polar surface area (TPSA) is 117 Å². The van der Waals surface area contributed by atoms with E-state index in [9.17, 15) is 19.5 Å². The first-order chi connectivity index (χ1) is 26.4. The zero-order chi connectivity index (χ0) is 39.3. The number of amides is 3. The molecule has 4 atom stereocenters. The summed E-state index contributed by atoms with van der Waals surface area (Å²) >= 11 is 0. The summed E-state index contributed by atoms with van der Waals surface area (Å²) in [4.78, 5) is 38.6. The molecule has 8 nitrogen and oxygen atoms in total. The van der Waals surface area contributed by atoms with Crippen molar-refractivity contribution in [2.75, 3.05) is 13.2 Å². The Kier molecular flexibility index (Phi) is 34.5. The van der Waals surface area contributed by atoms with Crippen LogP contribution in [0.4, 0.5) is 0 Å². The van der Waals surface area contributed by atoms with Crippen molar-refractivity contribution in [2.24, 2.45) is 0 Å². The number of unbranched alkanes of at least 4 members (excludes halogenated alkanes) is 27. The van der Waals surface area contributed by atoms with Crippen LogP contribution in [0, 0.1) is 0 Å². The fourth-order valence-corrected chi connectivity index (χ4v) is 7.67. The molecule has 1 aliphatic rings. The molecule has 314 valence electrons. The van der Waals surface area contributed by atoms with Crippen LogP contribution < -0.4 is 16.0 Å². The van der Waals surface area contributed by atoms with Crippen molar-refractivity contribution >= 4 is 25.6 Å². The molecule has 0 bridgehead atoms. The monoisotopic (exact) mass is 760 g/mol. The van der Waals surface area contributed by atoms with Gasteiger partial charge in [0.1, 0.15) is 20.0 Å². The van der Waals surface area contributed by atoms with Crippen LogP contribution in [0.5, 0.6) is 0 Å². The molecule has 54 heavy (non-hydrogen) atoms. The minimum atomic E-state index is -0.674. The number of nitrogens with one attached hydrogen (secondary N) is 3. The Labute approximate surface area is 334 Å². The molecular formula is C45H86BN3O5. The van der Waals surface area contributed by atoms with Crippen LogP contribution in [-0.2, 0) is 19.1 Å². The van der Waals surface area contributed by atoms with Crippen LogP contribution in [0.1, 0.15) is 232 Å². The van der Waals surface area contributed by atoms with Gasteiger partial charge in [0.15, 0.2) is 0 Å². The van der Waals surface area contributed by atoms with Crippen molar-refractivity contribution in [3.63, 3.8) is 0 Å². The molecule has 4 N–H and O–H groups in total. The summed E-state index contributed by atoms with van der Waals surface area (Å²) in [6.07, 6.45) is 38.6. The maximum absolute atomic E-state index is 13.3. The normalized spacial score (nSPS) is 17.4. The molecule has 0 saturated carbocycles. The molecule has 0 aliphatic carbocycles. The van der Waals surface area contributed by atoms with E-state index in [-0.39, 0.29) is 24.3 Å². The van der Waals surface area contributed by atoms with E-state index in [1.165, 1.54) is 148 Å². The maximum atomic E-state index is 13.3. The maximum Gasteiger partial charge on any atom is 0.242 e. The van der Waals surface area contributed by atoms with Crippen LogP contribution in [-0.4, -0.2) is 68.0 Å². The van der Waals surface area contributed by atoms with Gasteiger partial charge in [0, 0.05) is 25.4 Å². The van der Waals surface area contributed by atoms with Gasteiger partial charge >= 0.3 is 0 Å². The Bertz CT molecular complexity index is 893. The highest BCUT2D eigenvalue weighted by atomic mass is 16.5. The molecule has 1 rings (SSSR count). The number of hydrogen-bond acceptors (Lipinski definition) is 5. The average molecular weight is 760 g/mol. The van der Waals surface area contributed by atoms with Crippen LogP contribution in [0.15, 0.2) is 0 Å². The second-order valence-electron chi connectivity index (χ2n) is 16.4. The lowest BCUT2D eigenvalue weighted by atomic mass is 9.94. The number of hydrogen-bond donors (Lipinski definition) is 4. The van der Waals surface area contributed by atoms with Crippen molar-refractivity contribution in [2.45, 2.75) is 256 Å². The molecule has 9 heteroatoms. The van der Waals surface area contributed by atoms with Gasteiger partial charge < -0.3 is 25.8 Å². The number of aliphatic hydroxyl groups is 1. The van der Waals surface area contributed by atoms with Crippen molar-refractivity contribution in [3.8, 4) is 0 Å². The van der Waals surface area contributed by atoms with E-state index in [1.807, 2.05) is 0 Å². The summed E-state index contributed by atoms with van der Waals surface area (Å²) in [5, 5.41) is 18.7. The van der Waals surface area contributed by atoms with Crippen LogP contribution in [0.2, 0.25) is 0 Å². The molecule has 1 fully saturated rings. The number of carbonyl (C=O) groups excluding carboxylic acids is 3. The van der Waals surface area contributed by atoms with Gasteiger partial charge in [0.05, 0.1) is 12.6 Å². The Morgan fingerprint density at radius 2 is 1.00 bits per heavy atom. The minimum Gasteiger partial charge on any atom is -0.394 e. The Balaban J connectivity index is 2.22. The van der Waals surface area contributed by atoms with Crippen LogP contribution in [0.25, 0.3) is 0 Å². The second-order valence-corrected chi connectivity index (χ2v) is 16.4. The van der Waals surface area contributed by atoms with Crippen LogP contribution >= 0.6 is 0 Å². The predicted octanol–water partition coefficient (Wildman–Crippen LogP) is 10.3. The molecule has 0 spiro atoms. The first kappa shape index (κ1) is 50.4. The van der Waals surface area contributed by atoms with E-state index in [1.54, 1.807) is 0 Å². The molecule has 2 unspecified atom stereocenters. The number of aliphatic hydroxyl groups excluding tert-OH is 1. The highest BCUT2D eigenvalue weighted by Crippen LogP contribution is 2.19. The van der Waals surface area contributed by atoms with Crippen molar-refractivity contribution in [3.05, 3.63) is 0 Å². The minimum absolute atomic E-state index is 0.0947. The van der Waals surface area contributed by atoms with E-state index in [4.69, 9.17) is 12.6 Å². The van der Waals surface area contributed by atoms with Gasteiger partial charge in [-0.25, -0.2) is 0 Å². The Hall–Kier alpha value is -1.61. The number of ether oxygens (including phenoxy) is 1. The molecular weight excluding hydrogens is 673 g/mol. The molecule has 0 aromatic carbocycles. The molecule has 0 aromatic heterocycles. The molecule has 1 heterocycles. The molecule has 1 aliphatic heterocycles. The second kappa shape index (κ2) is 37.0. The predicted molar refractivity (Wildman–Crippen MR) is 227 cm³/mol. The summed E-state index contributed by atoms with van der Waals surface area (Å²) in [7, 11) is 5.91. The van der Waals surface area contributed by atoms with E-state index in [0.717, 1.165) is 38.5 Å². The summed E-state index contributed by atoms with van der Waals surface area (Å²) in [5.74, 6) is -0.279. The van der Waals surface area contributed by atoms with Gasteiger partial charge in [-0.15, -0.1) is 0 Å². The summed E-state index contributed by atoms with van der Waals surface area (Å²) in [5.41, 5.74) is 0. The number of rotatable bonds is 39. The zero-order valence-electron chi connectivity index (χ0n) is 35.4. The van der Waals surface area contributed by atoms with Crippen molar-refractivity contribution in [1.29, 1.82) is 0 Å². The first-order valence-corrected chi connectivity index (χ1v) is 23.3. The van der Waals surface area contributed by atoms with Crippen LogP contribution in [0.3, 0.4) is 0 Å². The number of carbonyl (C=O) groups is 3. The lowest BCUT2D eigenvalue weighted by molar-refractivity contribution is -0.130. The van der Waals surface area contributed by atoms with Gasteiger partial charge in [0.2, 0.25) is 17.7 Å². The molecule has 1 saturated heterocycles. The van der Waals surface area contributed by atoms with Crippen molar-refractivity contribution in [1.82, 2.24) is 16.0 Å². The third-order valence-corrected chi connectivity index (χ3v) is 11.2. The Morgan fingerprint density at radius 1 is 0.593 bits per heavy atom. The van der Waals surface area contributed by atoms with E-state index >= 15 is 0 Å². The molecule has 0 aromatic rings. The van der Waals surface area contributed by atoms with Gasteiger partial charge in [-0.3, -0.25) is 14.4 Å². The summed E-state index contributed by atoms with van der Waals surface area (Å²) in [6.45, 7) is 4.87. The van der Waals surface area contributed by atoms with Gasteiger partial charge in [-0.05, 0) is 38.5 Å². The van der Waals surface area contributed by atoms with Gasteiger partial charge in [-0.2, -0.15) is 0 Å². The SMILES string of the molecule is [B][C@H]1CC(NC(=O)C(CCCCNC(=O)CCCCCCCCCCCCCCCC)NC(=O)CCCCCCCCCCCCCCCC)[C@@H](CO)O1.